The van der Waals surface area contributed by atoms with Gasteiger partial charge in [-0.15, -0.1) is 29.5 Å². The zero-order valence-corrected chi connectivity index (χ0v) is 18.9. The number of thiazole rings is 1. The van der Waals surface area contributed by atoms with Crippen LogP contribution in [0.15, 0.2) is 40.2 Å². The minimum absolute atomic E-state index is 0.162. The van der Waals surface area contributed by atoms with Crippen molar-refractivity contribution in [1.82, 2.24) is 9.88 Å². The number of nitrogens with zero attached hydrogens (tertiary/aromatic N) is 4. The van der Waals surface area contributed by atoms with Crippen molar-refractivity contribution in [2.45, 2.75) is 12.8 Å². The fraction of sp³-hybridized carbons (Fsp3) is 0.238. The van der Waals surface area contributed by atoms with Gasteiger partial charge in [0.25, 0.3) is 5.84 Å². The molecule has 182 valence electrons. The number of anilines is 1. The van der Waals surface area contributed by atoms with Crippen molar-refractivity contribution in [2.75, 3.05) is 19.4 Å². The largest absolute Gasteiger partial charge is 0.573 e. The molecular weight excluding hydrogens is 494 g/mol. The summed E-state index contributed by atoms with van der Waals surface area (Å²) < 4.78 is 55.8. The van der Waals surface area contributed by atoms with Crippen molar-refractivity contribution in [3.63, 3.8) is 0 Å². The number of nitrogens with one attached hydrogen (secondary N) is 1. The number of fused-ring (bicyclic) bond motifs is 1. The Balaban J connectivity index is 1.46. The molecule has 35 heavy (non-hydrogen) atoms. The number of aromatic nitrogens is 1. The molecule has 0 saturated heterocycles. The van der Waals surface area contributed by atoms with Crippen molar-refractivity contribution in [3.8, 4) is 17.0 Å². The Bertz CT molecular complexity index is 1330. The molecule has 0 saturated carbocycles. The first kappa shape index (κ1) is 24.2. The summed E-state index contributed by atoms with van der Waals surface area (Å²) in [4.78, 5) is 46.7. The van der Waals surface area contributed by atoms with E-state index in [-0.39, 0.29) is 28.6 Å². The summed E-state index contributed by atoms with van der Waals surface area (Å²) in [6.07, 6.45) is -2.28. The molecule has 1 atom stereocenters. The van der Waals surface area contributed by atoms with Gasteiger partial charge in [-0.1, -0.05) is 0 Å². The van der Waals surface area contributed by atoms with Crippen LogP contribution in [0.2, 0.25) is 0 Å². The van der Waals surface area contributed by atoms with E-state index in [1.807, 2.05) is 0 Å². The SMILES string of the molecule is CN1C(=O)C2C(CC(=O)Nc3nc(-c4ccc(OC(F)(F)F)c(F)c4)cs3)=CC=NC2=[N+](C)C1=O. The van der Waals surface area contributed by atoms with Crippen molar-refractivity contribution < 1.29 is 41.3 Å². The first-order valence-electron chi connectivity index (χ1n) is 9.91. The molecule has 1 aromatic heterocycles. The molecule has 1 N–H and O–H groups in total. The number of rotatable bonds is 5. The summed E-state index contributed by atoms with van der Waals surface area (Å²) in [7, 11) is 2.82. The maximum Gasteiger partial charge on any atom is 0.573 e. The summed E-state index contributed by atoms with van der Waals surface area (Å²) in [6, 6.07) is 2.35. The summed E-state index contributed by atoms with van der Waals surface area (Å²) in [5.41, 5.74) is 0.845. The van der Waals surface area contributed by atoms with Gasteiger partial charge in [0.1, 0.15) is 6.21 Å². The van der Waals surface area contributed by atoms with Gasteiger partial charge in [0.15, 0.2) is 22.6 Å². The van der Waals surface area contributed by atoms with Crippen LogP contribution in [0.3, 0.4) is 0 Å². The highest BCUT2D eigenvalue weighted by atomic mass is 32.1. The van der Waals surface area contributed by atoms with E-state index in [1.54, 1.807) is 0 Å². The number of urea groups is 1. The number of amides is 4. The molecule has 3 heterocycles. The fourth-order valence-electron chi connectivity index (χ4n) is 3.55. The fourth-order valence-corrected chi connectivity index (χ4v) is 4.28. The van der Waals surface area contributed by atoms with Gasteiger partial charge >= 0.3 is 18.3 Å². The predicted molar refractivity (Wildman–Crippen MR) is 117 cm³/mol. The molecule has 9 nitrogen and oxygen atoms in total. The number of hydrogen-bond donors (Lipinski definition) is 1. The second-order valence-electron chi connectivity index (χ2n) is 7.51. The Morgan fingerprint density at radius 1 is 1.31 bits per heavy atom. The lowest BCUT2D eigenvalue weighted by Crippen LogP contribution is -2.52. The van der Waals surface area contributed by atoms with Crippen LogP contribution in [-0.2, 0) is 9.59 Å². The number of ether oxygens (including phenoxy) is 1. The number of carbonyl (C=O) groups excluding carboxylic acids is 3. The third-order valence-corrected chi connectivity index (χ3v) is 5.95. The van der Waals surface area contributed by atoms with E-state index in [0.717, 1.165) is 28.4 Å². The van der Waals surface area contributed by atoms with Crippen LogP contribution in [0.4, 0.5) is 27.5 Å². The first-order chi connectivity index (χ1) is 16.4. The van der Waals surface area contributed by atoms with Crippen LogP contribution < -0.4 is 10.1 Å². The van der Waals surface area contributed by atoms with Gasteiger partial charge in [-0.05, 0) is 29.8 Å². The number of hydrogen-bond acceptors (Lipinski definition) is 7. The lowest BCUT2D eigenvalue weighted by Gasteiger charge is -2.26. The van der Waals surface area contributed by atoms with E-state index in [0.29, 0.717) is 5.57 Å². The molecule has 14 heteroatoms. The van der Waals surface area contributed by atoms with E-state index < -0.39 is 41.7 Å². The van der Waals surface area contributed by atoms with Crippen LogP contribution >= 0.6 is 11.3 Å². The number of aliphatic imine (C=N–C) groups is 1. The van der Waals surface area contributed by atoms with Gasteiger partial charge in [0.05, 0.1) is 19.8 Å². The second kappa shape index (κ2) is 9.02. The monoisotopic (exact) mass is 510 g/mol. The highest BCUT2D eigenvalue weighted by Gasteiger charge is 2.47. The van der Waals surface area contributed by atoms with Crippen LogP contribution in [-0.4, -0.2) is 64.8 Å². The maximum atomic E-state index is 14.0. The Hall–Kier alpha value is -3.94. The van der Waals surface area contributed by atoms with E-state index >= 15 is 0 Å². The number of halogens is 4. The van der Waals surface area contributed by atoms with Crippen molar-refractivity contribution in [3.05, 3.63) is 41.0 Å². The molecule has 2 aliphatic heterocycles. The zero-order chi connectivity index (χ0) is 25.5. The standard InChI is InChI=1S/C21H15F4N5O4S/c1-29-17-16(18(32)30(2)20(29)33)11(5-6-26-17)8-15(31)28-19-27-13(9-35-19)10-3-4-14(12(22)7-10)34-21(23,24)25/h3-7,9,16H,8H2,1-2H3/p+1. The molecule has 1 aromatic carbocycles. The molecule has 0 fully saturated rings. The van der Waals surface area contributed by atoms with E-state index in [9.17, 15) is 31.9 Å². The number of allylic oxidation sites excluding steroid dienone is 1. The molecule has 2 aromatic rings. The van der Waals surface area contributed by atoms with Crippen LogP contribution in [0.1, 0.15) is 6.42 Å². The number of dihydropyridines is 1. The van der Waals surface area contributed by atoms with Gasteiger partial charge in [-0.2, -0.15) is 9.48 Å². The second-order valence-corrected chi connectivity index (χ2v) is 8.36. The molecule has 0 spiro atoms. The topological polar surface area (TPSA) is 104 Å². The molecule has 0 radical (unpaired) electrons. The highest BCUT2D eigenvalue weighted by Crippen LogP contribution is 2.32. The van der Waals surface area contributed by atoms with Gasteiger partial charge < -0.3 is 10.1 Å². The smallest absolute Gasteiger partial charge is 0.403 e. The Morgan fingerprint density at radius 2 is 2.06 bits per heavy atom. The summed E-state index contributed by atoms with van der Waals surface area (Å²) >= 11 is 1.02. The van der Waals surface area contributed by atoms with Crippen LogP contribution in [0.5, 0.6) is 5.75 Å². The molecular formula is C21H16F4N5O4S+. The minimum atomic E-state index is -5.03. The number of alkyl halides is 3. The zero-order valence-electron chi connectivity index (χ0n) is 18.1. The van der Waals surface area contributed by atoms with Crippen LogP contribution in [0, 0.1) is 11.7 Å². The Labute approximate surface area is 199 Å². The maximum absolute atomic E-state index is 14.0. The average Bonchev–Trinajstić information content (AvgIpc) is 3.24. The van der Waals surface area contributed by atoms with E-state index in [4.69, 9.17) is 0 Å². The van der Waals surface area contributed by atoms with Crippen molar-refractivity contribution in [1.29, 1.82) is 0 Å². The molecule has 0 aliphatic carbocycles. The Kier molecular flexibility index (Phi) is 6.23. The van der Waals surface area contributed by atoms with Gasteiger partial charge in [0, 0.05) is 17.4 Å². The van der Waals surface area contributed by atoms with E-state index in [1.165, 1.54) is 42.4 Å². The third kappa shape index (κ3) is 4.96. The number of imide groups is 1. The molecule has 2 aliphatic rings. The minimum Gasteiger partial charge on any atom is -0.403 e. The first-order valence-corrected chi connectivity index (χ1v) is 10.8. The average molecular weight is 510 g/mol. The van der Waals surface area contributed by atoms with Gasteiger partial charge in [0.2, 0.25) is 5.91 Å². The highest BCUT2D eigenvalue weighted by molar-refractivity contribution is 7.14. The molecule has 1 unspecified atom stereocenters. The lowest BCUT2D eigenvalue weighted by molar-refractivity contribution is -0.407. The quantitative estimate of drug-likeness (QED) is 0.490. The van der Waals surface area contributed by atoms with Gasteiger partial charge in [-0.3, -0.25) is 9.59 Å². The molecule has 0 bridgehead atoms. The third-order valence-electron chi connectivity index (χ3n) is 5.19. The number of benzene rings is 1. The number of carbonyl (C=O) groups is 3. The van der Waals surface area contributed by atoms with Crippen molar-refractivity contribution in [2.24, 2.45) is 10.9 Å². The normalized spacial score (nSPS) is 17.9. The van der Waals surface area contributed by atoms with E-state index in [2.05, 4.69) is 20.0 Å². The summed E-state index contributed by atoms with van der Waals surface area (Å²) in [5.74, 6) is -3.86. The van der Waals surface area contributed by atoms with Gasteiger partial charge in [-0.25, -0.2) is 14.2 Å². The summed E-state index contributed by atoms with van der Waals surface area (Å²) in [5, 5.41) is 4.23. The molecule has 4 rings (SSSR count). The number of amidine groups is 1. The lowest BCUT2D eigenvalue weighted by atomic mass is 9.90. The summed E-state index contributed by atoms with van der Waals surface area (Å²) in [6.45, 7) is 0. The molecule has 4 amide bonds. The van der Waals surface area contributed by atoms with Crippen molar-refractivity contribution >= 4 is 46.4 Å². The Morgan fingerprint density at radius 3 is 2.74 bits per heavy atom. The predicted octanol–water partition coefficient (Wildman–Crippen LogP) is 3.44. The van der Waals surface area contributed by atoms with Crippen LogP contribution in [0.25, 0.3) is 11.3 Å².